The highest BCUT2D eigenvalue weighted by atomic mass is 19.1. The van der Waals surface area contributed by atoms with E-state index in [-0.39, 0.29) is 24.0 Å². The van der Waals surface area contributed by atoms with Gasteiger partial charge in [-0.3, -0.25) is 0 Å². The van der Waals surface area contributed by atoms with Crippen molar-refractivity contribution in [1.29, 1.82) is 0 Å². The van der Waals surface area contributed by atoms with E-state index in [0.29, 0.717) is 11.4 Å². The Balaban J connectivity index is 1.57. The maximum absolute atomic E-state index is 13.5. The number of ether oxygens (including phenoxy) is 1. The van der Waals surface area contributed by atoms with Crippen molar-refractivity contribution in [2.45, 2.75) is 37.8 Å². The monoisotopic (exact) mass is 430 g/mol. The molecule has 2 heterocycles. The minimum atomic E-state index is -0.295. The molecule has 1 N–H and O–H groups in total. The Morgan fingerprint density at radius 1 is 0.906 bits per heavy atom. The molecular formula is C25H23FN4O2. The van der Waals surface area contributed by atoms with E-state index in [1.165, 1.54) is 12.1 Å². The van der Waals surface area contributed by atoms with Gasteiger partial charge in [-0.2, -0.15) is 4.98 Å². The van der Waals surface area contributed by atoms with Crippen LogP contribution >= 0.6 is 0 Å². The zero-order valence-corrected chi connectivity index (χ0v) is 17.4. The third-order valence-electron chi connectivity index (χ3n) is 5.80. The third kappa shape index (κ3) is 4.24. The molecule has 1 aliphatic rings. The van der Waals surface area contributed by atoms with Crippen LogP contribution < -0.4 is 4.74 Å². The first-order valence-electron chi connectivity index (χ1n) is 10.7. The SMILES string of the molecule is OC1CCC(n2cnc(-c3ccc(F)cc3)c2-c2ccnc(Oc3ccccc3)n2)CC1. The maximum atomic E-state index is 13.5. The Morgan fingerprint density at radius 2 is 1.66 bits per heavy atom. The molecule has 4 aromatic rings. The second-order valence-corrected chi connectivity index (χ2v) is 7.96. The predicted molar refractivity (Wildman–Crippen MR) is 119 cm³/mol. The van der Waals surface area contributed by atoms with Crippen molar-refractivity contribution in [3.8, 4) is 34.4 Å². The lowest BCUT2D eigenvalue weighted by molar-refractivity contribution is 0.111. The summed E-state index contributed by atoms with van der Waals surface area (Å²) in [5, 5.41) is 9.95. The highest BCUT2D eigenvalue weighted by molar-refractivity contribution is 5.77. The average molecular weight is 430 g/mol. The van der Waals surface area contributed by atoms with Gasteiger partial charge in [0.1, 0.15) is 11.6 Å². The van der Waals surface area contributed by atoms with Crippen LogP contribution in [0.4, 0.5) is 4.39 Å². The molecule has 2 aromatic carbocycles. The van der Waals surface area contributed by atoms with Crippen molar-refractivity contribution in [2.75, 3.05) is 0 Å². The minimum absolute atomic E-state index is 0.198. The van der Waals surface area contributed by atoms with E-state index in [4.69, 9.17) is 4.74 Å². The van der Waals surface area contributed by atoms with E-state index in [2.05, 4.69) is 19.5 Å². The van der Waals surface area contributed by atoms with Crippen LogP contribution in [0, 0.1) is 5.82 Å². The Kier molecular flexibility index (Phi) is 5.64. The maximum Gasteiger partial charge on any atom is 0.322 e. The van der Waals surface area contributed by atoms with Crippen LogP contribution in [0.5, 0.6) is 11.8 Å². The first-order chi connectivity index (χ1) is 15.7. The van der Waals surface area contributed by atoms with E-state index in [1.807, 2.05) is 42.7 Å². The fraction of sp³-hybridized carbons (Fsp3) is 0.240. The summed E-state index contributed by atoms with van der Waals surface area (Å²) in [6.07, 6.45) is 6.44. The van der Waals surface area contributed by atoms with E-state index >= 15 is 0 Å². The largest absolute Gasteiger partial charge is 0.424 e. The van der Waals surface area contributed by atoms with Gasteiger partial charge in [-0.05, 0) is 68.1 Å². The van der Waals surface area contributed by atoms with Crippen molar-refractivity contribution in [1.82, 2.24) is 19.5 Å². The van der Waals surface area contributed by atoms with Gasteiger partial charge in [0.2, 0.25) is 0 Å². The van der Waals surface area contributed by atoms with Crippen molar-refractivity contribution in [2.24, 2.45) is 0 Å². The van der Waals surface area contributed by atoms with Crippen LogP contribution in [0.2, 0.25) is 0 Å². The van der Waals surface area contributed by atoms with Gasteiger partial charge in [0.15, 0.2) is 0 Å². The van der Waals surface area contributed by atoms with Gasteiger partial charge in [-0.15, -0.1) is 0 Å². The van der Waals surface area contributed by atoms with Crippen molar-refractivity contribution in [3.63, 3.8) is 0 Å². The molecule has 1 saturated carbocycles. The highest BCUT2D eigenvalue weighted by Gasteiger charge is 2.26. The van der Waals surface area contributed by atoms with Crippen LogP contribution in [-0.2, 0) is 0 Å². The zero-order chi connectivity index (χ0) is 21.9. The number of nitrogens with zero attached hydrogens (tertiary/aromatic N) is 4. The van der Waals surface area contributed by atoms with E-state index in [1.54, 1.807) is 18.3 Å². The lowest BCUT2D eigenvalue weighted by Gasteiger charge is -2.28. The molecule has 0 aliphatic heterocycles. The molecule has 5 rings (SSSR count). The normalized spacial score (nSPS) is 18.4. The number of hydrogen-bond acceptors (Lipinski definition) is 5. The highest BCUT2D eigenvalue weighted by Crippen LogP contribution is 2.37. The van der Waals surface area contributed by atoms with Crippen molar-refractivity contribution in [3.05, 3.63) is 79.0 Å². The zero-order valence-electron chi connectivity index (χ0n) is 17.4. The lowest BCUT2D eigenvalue weighted by Crippen LogP contribution is -2.21. The van der Waals surface area contributed by atoms with Crippen LogP contribution in [0.15, 0.2) is 73.2 Å². The number of imidazole rings is 1. The van der Waals surface area contributed by atoms with Crippen molar-refractivity contribution < 1.29 is 14.2 Å². The number of aliphatic hydroxyl groups is 1. The van der Waals surface area contributed by atoms with Gasteiger partial charge in [0, 0.05) is 17.8 Å². The number of para-hydroxylation sites is 1. The number of benzene rings is 2. The molecule has 1 fully saturated rings. The molecule has 0 saturated heterocycles. The van der Waals surface area contributed by atoms with Crippen LogP contribution in [0.25, 0.3) is 22.6 Å². The smallest absolute Gasteiger partial charge is 0.322 e. The molecule has 7 heteroatoms. The van der Waals surface area contributed by atoms with Crippen LogP contribution in [0.3, 0.4) is 0 Å². The second kappa shape index (κ2) is 8.88. The van der Waals surface area contributed by atoms with Gasteiger partial charge in [0.05, 0.1) is 29.5 Å². The fourth-order valence-electron chi connectivity index (χ4n) is 4.16. The summed E-state index contributed by atoms with van der Waals surface area (Å²) < 4.78 is 21.5. The van der Waals surface area contributed by atoms with E-state index < -0.39 is 0 Å². The van der Waals surface area contributed by atoms with Gasteiger partial charge >= 0.3 is 6.01 Å². The molecule has 0 unspecified atom stereocenters. The van der Waals surface area contributed by atoms with Crippen LogP contribution in [0.1, 0.15) is 31.7 Å². The molecule has 0 bridgehead atoms. The Bertz CT molecular complexity index is 1190. The summed E-state index contributed by atoms with van der Waals surface area (Å²) in [7, 11) is 0. The number of aliphatic hydroxyl groups excluding tert-OH is 1. The Labute approximate surface area is 185 Å². The second-order valence-electron chi connectivity index (χ2n) is 7.96. The van der Waals surface area contributed by atoms with Gasteiger partial charge < -0.3 is 14.4 Å². The summed E-state index contributed by atoms with van der Waals surface area (Å²) >= 11 is 0. The molecule has 0 atom stereocenters. The topological polar surface area (TPSA) is 73.1 Å². The van der Waals surface area contributed by atoms with E-state index in [9.17, 15) is 9.50 Å². The molecule has 0 radical (unpaired) electrons. The van der Waals surface area contributed by atoms with Gasteiger partial charge in [-0.25, -0.2) is 14.4 Å². The summed E-state index contributed by atoms with van der Waals surface area (Å²) in [4.78, 5) is 13.6. The summed E-state index contributed by atoms with van der Waals surface area (Å²) in [6, 6.07) is 17.9. The molecular weight excluding hydrogens is 407 g/mol. The summed E-state index contributed by atoms with van der Waals surface area (Å²) in [5.74, 6) is 0.356. The average Bonchev–Trinajstić information content (AvgIpc) is 3.26. The molecule has 162 valence electrons. The minimum Gasteiger partial charge on any atom is -0.424 e. The first kappa shape index (κ1) is 20.3. The summed E-state index contributed by atoms with van der Waals surface area (Å²) in [6.45, 7) is 0. The predicted octanol–water partition coefficient (Wildman–Crippen LogP) is 5.41. The lowest BCUT2D eigenvalue weighted by atomic mass is 9.92. The molecule has 0 amide bonds. The number of aromatic nitrogens is 4. The molecule has 32 heavy (non-hydrogen) atoms. The molecule has 1 aliphatic carbocycles. The molecule has 0 spiro atoms. The Hall–Kier alpha value is -3.58. The van der Waals surface area contributed by atoms with Crippen molar-refractivity contribution >= 4 is 0 Å². The number of hydrogen-bond donors (Lipinski definition) is 1. The molecule has 6 nitrogen and oxygen atoms in total. The first-order valence-corrected chi connectivity index (χ1v) is 10.7. The Morgan fingerprint density at radius 3 is 2.41 bits per heavy atom. The fourth-order valence-corrected chi connectivity index (χ4v) is 4.16. The van der Waals surface area contributed by atoms with Gasteiger partial charge in [0.25, 0.3) is 0 Å². The van der Waals surface area contributed by atoms with Gasteiger partial charge in [-0.1, -0.05) is 18.2 Å². The quantitative estimate of drug-likeness (QED) is 0.458. The number of halogens is 1. The summed E-state index contributed by atoms with van der Waals surface area (Å²) in [5.41, 5.74) is 3.04. The molecule has 2 aromatic heterocycles. The van der Waals surface area contributed by atoms with Crippen LogP contribution in [-0.4, -0.2) is 30.7 Å². The number of rotatable bonds is 5. The standard InChI is InChI=1S/C25H23FN4O2/c26-18-8-6-17(7-9-18)23-24(30(16-28-23)19-10-12-20(31)13-11-19)22-14-15-27-25(29-22)32-21-4-2-1-3-5-21/h1-9,14-16,19-20,31H,10-13H2. The van der Waals surface area contributed by atoms with E-state index in [0.717, 1.165) is 42.6 Å². The third-order valence-corrected chi connectivity index (χ3v) is 5.80.